The molecule has 6 heteroatoms. The molecule has 0 aromatic heterocycles. The van der Waals surface area contributed by atoms with Crippen LogP contribution < -0.4 is 0 Å². The van der Waals surface area contributed by atoms with Crippen molar-refractivity contribution >= 4 is 40.5 Å². The van der Waals surface area contributed by atoms with Crippen LogP contribution in [0.3, 0.4) is 0 Å². The Morgan fingerprint density at radius 2 is 1.39 bits per heavy atom. The molecule has 0 N–H and O–H groups in total. The summed E-state index contributed by atoms with van der Waals surface area (Å²) in [5.41, 5.74) is 0.521. The molecule has 0 aliphatic carbocycles. The van der Waals surface area contributed by atoms with E-state index in [-0.39, 0.29) is 10.7 Å². The number of benzene rings is 2. The summed E-state index contributed by atoms with van der Waals surface area (Å²) in [6, 6.07) is 9.54. The molecule has 0 radical (unpaired) electrons. The first kappa shape index (κ1) is 13.1. The average molecular weight is 303 g/mol. The van der Waals surface area contributed by atoms with Crippen molar-refractivity contribution in [2.75, 3.05) is 0 Å². The number of halogens is 3. The summed E-state index contributed by atoms with van der Waals surface area (Å²) >= 11 is 17.9. The van der Waals surface area contributed by atoms with Crippen molar-refractivity contribution in [3.63, 3.8) is 0 Å². The molecule has 0 aliphatic heterocycles. The van der Waals surface area contributed by atoms with Crippen LogP contribution in [0.5, 0.6) is 0 Å². The van der Waals surface area contributed by atoms with Gasteiger partial charge in [0.05, 0.1) is 20.5 Å². The third kappa shape index (κ3) is 2.29. The first-order valence-corrected chi connectivity index (χ1v) is 6.03. The van der Waals surface area contributed by atoms with Crippen LogP contribution in [0.4, 0.5) is 5.69 Å². The maximum absolute atomic E-state index is 11.1. The molecule has 0 aliphatic rings. The summed E-state index contributed by atoms with van der Waals surface area (Å²) < 4.78 is 0. The van der Waals surface area contributed by atoms with Crippen molar-refractivity contribution < 1.29 is 4.92 Å². The summed E-state index contributed by atoms with van der Waals surface area (Å²) in [6.07, 6.45) is 0. The van der Waals surface area contributed by atoms with Gasteiger partial charge in [0.2, 0.25) is 0 Å². The van der Waals surface area contributed by atoms with Crippen LogP contribution in [-0.4, -0.2) is 4.92 Å². The predicted octanol–water partition coefficient (Wildman–Crippen LogP) is 5.22. The first-order valence-electron chi connectivity index (χ1n) is 4.89. The van der Waals surface area contributed by atoms with E-state index < -0.39 is 4.92 Å². The molecule has 0 bridgehead atoms. The van der Waals surface area contributed by atoms with Crippen LogP contribution >= 0.6 is 34.8 Å². The number of nitro groups is 1. The van der Waals surface area contributed by atoms with Crippen molar-refractivity contribution in [2.45, 2.75) is 0 Å². The largest absolute Gasteiger partial charge is 0.295 e. The molecular formula is C12H6Cl3NO2. The van der Waals surface area contributed by atoms with E-state index in [1.807, 2.05) is 0 Å². The van der Waals surface area contributed by atoms with E-state index in [0.717, 1.165) is 0 Å². The lowest BCUT2D eigenvalue weighted by Crippen LogP contribution is -1.94. The fourth-order valence-corrected chi connectivity index (χ4v) is 2.50. The smallest absolute Gasteiger partial charge is 0.258 e. The minimum Gasteiger partial charge on any atom is -0.258 e. The van der Waals surface area contributed by atoms with Gasteiger partial charge in [-0.3, -0.25) is 10.1 Å². The van der Waals surface area contributed by atoms with Crippen LogP contribution in [0.1, 0.15) is 0 Å². The highest BCUT2D eigenvalue weighted by Crippen LogP contribution is 2.42. The zero-order chi connectivity index (χ0) is 13.3. The standard InChI is InChI=1S/C12H6Cl3NO2/c13-8-4-2-5-9(14)11(8)7-3-1-6-10(15)12(7)16(17)18/h1-6H. The summed E-state index contributed by atoms with van der Waals surface area (Å²) in [4.78, 5) is 10.5. The number of nitro benzene ring substituents is 1. The minimum atomic E-state index is -0.544. The van der Waals surface area contributed by atoms with E-state index in [2.05, 4.69) is 0 Å². The Morgan fingerprint density at radius 1 is 0.889 bits per heavy atom. The number of rotatable bonds is 2. The molecule has 18 heavy (non-hydrogen) atoms. The van der Waals surface area contributed by atoms with Gasteiger partial charge in [0, 0.05) is 5.56 Å². The van der Waals surface area contributed by atoms with Crippen molar-refractivity contribution in [1.29, 1.82) is 0 Å². The molecule has 0 saturated carbocycles. The SMILES string of the molecule is O=[N+]([O-])c1c(Cl)cccc1-c1c(Cl)cccc1Cl. The van der Waals surface area contributed by atoms with E-state index in [1.54, 1.807) is 30.3 Å². The second-order valence-electron chi connectivity index (χ2n) is 3.49. The molecule has 2 rings (SSSR count). The Bertz CT molecular complexity index is 608. The van der Waals surface area contributed by atoms with Gasteiger partial charge >= 0.3 is 0 Å². The molecule has 0 unspecified atom stereocenters. The van der Waals surface area contributed by atoms with E-state index in [4.69, 9.17) is 34.8 Å². The monoisotopic (exact) mass is 301 g/mol. The van der Waals surface area contributed by atoms with Gasteiger partial charge in [-0.1, -0.05) is 46.9 Å². The Kier molecular flexibility index (Phi) is 3.76. The molecule has 0 fully saturated rings. The molecule has 0 atom stereocenters. The molecule has 0 heterocycles. The highest BCUT2D eigenvalue weighted by Gasteiger charge is 2.22. The summed E-state index contributed by atoms with van der Waals surface area (Å²) in [5, 5.41) is 11.8. The number of hydrogen-bond acceptors (Lipinski definition) is 2. The molecule has 0 saturated heterocycles. The maximum Gasteiger partial charge on any atom is 0.295 e. The van der Waals surface area contributed by atoms with Gasteiger partial charge in [-0.05, 0) is 24.3 Å². The molecule has 0 spiro atoms. The second kappa shape index (κ2) is 5.14. The molecule has 2 aromatic rings. The molecule has 0 amide bonds. The second-order valence-corrected chi connectivity index (χ2v) is 4.71. The highest BCUT2D eigenvalue weighted by molar-refractivity contribution is 6.40. The zero-order valence-electron chi connectivity index (χ0n) is 8.86. The highest BCUT2D eigenvalue weighted by atomic mass is 35.5. The lowest BCUT2D eigenvalue weighted by atomic mass is 10.0. The third-order valence-corrected chi connectivity index (χ3v) is 3.34. The normalized spacial score (nSPS) is 10.4. The Morgan fingerprint density at radius 3 is 1.94 bits per heavy atom. The van der Waals surface area contributed by atoms with Gasteiger partial charge in [-0.2, -0.15) is 0 Å². The fraction of sp³-hybridized carbons (Fsp3) is 0. The van der Waals surface area contributed by atoms with Gasteiger partial charge in [0.15, 0.2) is 0 Å². The van der Waals surface area contributed by atoms with E-state index >= 15 is 0 Å². The third-order valence-electron chi connectivity index (χ3n) is 2.40. The van der Waals surface area contributed by atoms with Gasteiger partial charge in [-0.25, -0.2) is 0 Å². The minimum absolute atomic E-state index is 0.0495. The van der Waals surface area contributed by atoms with Crippen LogP contribution in [0.25, 0.3) is 11.1 Å². The van der Waals surface area contributed by atoms with E-state index in [0.29, 0.717) is 21.2 Å². The van der Waals surface area contributed by atoms with E-state index in [9.17, 15) is 10.1 Å². The topological polar surface area (TPSA) is 43.1 Å². The van der Waals surface area contributed by atoms with Crippen molar-refractivity contribution in [3.8, 4) is 11.1 Å². The molecule has 92 valence electrons. The van der Waals surface area contributed by atoms with Crippen molar-refractivity contribution in [1.82, 2.24) is 0 Å². The summed E-state index contributed by atoms with van der Waals surface area (Å²) in [6.45, 7) is 0. The number of hydrogen-bond donors (Lipinski definition) is 0. The Labute approximate surface area is 118 Å². The number of nitrogens with zero attached hydrogens (tertiary/aromatic N) is 1. The van der Waals surface area contributed by atoms with E-state index in [1.165, 1.54) is 6.07 Å². The lowest BCUT2D eigenvalue weighted by Gasteiger charge is -2.08. The fourth-order valence-electron chi connectivity index (χ4n) is 1.66. The van der Waals surface area contributed by atoms with Crippen LogP contribution in [-0.2, 0) is 0 Å². The number of para-hydroxylation sites is 1. The van der Waals surface area contributed by atoms with Crippen LogP contribution in [0.2, 0.25) is 15.1 Å². The van der Waals surface area contributed by atoms with Crippen LogP contribution in [0, 0.1) is 10.1 Å². The molecule has 3 nitrogen and oxygen atoms in total. The van der Waals surface area contributed by atoms with Gasteiger partial charge in [0.25, 0.3) is 5.69 Å². The van der Waals surface area contributed by atoms with Gasteiger partial charge in [0.1, 0.15) is 5.02 Å². The van der Waals surface area contributed by atoms with Crippen molar-refractivity contribution in [2.24, 2.45) is 0 Å². The van der Waals surface area contributed by atoms with Crippen LogP contribution in [0.15, 0.2) is 36.4 Å². The zero-order valence-corrected chi connectivity index (χ0v) is 11.1. The summed E-state index contributed by atoms with van der Waals surface area (Å²) in [5.74, 6) is 0. The summed E-state index contributed by atoms with van der Waals surface area (Å²) in [7, 11) is 0. The van der Waals surface area contributed by atoms with Gasteiger partial charge in [-0.15, -0.1) is 0 Å². The predicted molar refractivity (Wildman–Crippen MR) is 73.6 cm³/mol. The van der Waals surface area contributed by atoms with Crippen molar-refractivity contribution in [3.05, 3.63) is 61.6 Å². The van der Waals surface area contributed by atoms with Gasteiger partial charge < -0.3 is 0 Å². The lowest BCUT2D eigenvalue weighted by molar-refractivity contribution is -0.384. The maximum atomic E-state index is 11.1. The molecule has 2 aromatic carbocycles. The molecular weight excluding hydrogens is 296 g/mol. The average Bonchev–Trinajstić information content (AvgIpc) is 2.28. The Hall–Kier alpha value is -1.29. The first-order chi connectivity index (χ1) is 8.52. The Balaban J connectivity index is 2.80. The quantitative estimate of drug-likeness (QED) is 0.563.